The van der Waals surface area contributed by atoms with E-state index >= 15 is 0 Å². The van der Waals surface area contributed by atoms with Crippen molar-refractivity contribution in [1.82, 2.24) is 4.98 Å². The summed E-state index contributed by atoms with van der Waals surface area (Å²) in [6, 6.07) is 2.99. The number of pyridine rings is 1. The maximum absolute atomic E-state index is 11.7. The third-order valence-electron chi connectivity index (χ3n) is 1.84. The highest BCUT2D eigenvalue weighted by Crippen LogP contribution is 2.14. The van der Waals surface area contributed by atoms with E-state index in [1.54, 1.807) is 0 Å². The molecule has 0 bridgehead atoms. The zero-order chi connectivity index (χ0) is 13.6. The predicted octanol–water partition coefficient (Wildman–Crippen LogP) is 1.77. The Morgan fingerprint density at radius 1 is 1.50 bits per heavy atom. The van der Waals surface area contributed by atoms with E-state index in [0.29, 0.717) is 0 Å². The second kappa shape index (κ2) is 6.20. The molecule has 5 nitrogen and oxygen atoms in total. The SMILES string of the molecule is O=C(O)c1ncccc1NCCOCC(F)(F)F. The fourth-order valence-electron chi connectivity index (χ4n) is 1.16. The Bertz CT molecular complexity index is 410. The third-order valence-corrected chi connectivity index (χ3v) is 1.84. The van der Waals surface area contributed by atoms with Crippen LogP contribution in [0.15, 0.2) is 18.3 Å². The van der Waals surface area contributed by atoms with E-state index in [0.717, 1.165) is 0 Å². The van der Waals surface area contributed by atoms with Crippen molar-refractivity contribution in [3.05, 3.63) is 24.0 Å². The van der Waals surface area contributed by atoms with E-state index < -0.39 is 18.8 Å². The molecule has 0 aliphatic rings. The molecule has 0 aromatic carbocycles. The fraction of sp³-hybridized carbons (Fsp3) is 0.400. The first-order valence-corrected chi connectivity index (χ1v) is 4.97. The number of hydrogen-bond donors (Lipinski definition) is 2. The lowest BCUT2D eigenvalue weighted by Crippen LogP contribution is -2.20. The number of aromatic carboxylic acids is 1. The number of halogens is 3. The molecule has 0 fully saturated rings. The normalized spacial score (nSPS) is 11.3. The average Bonchev–Trinajstić information content (AvgIpc) is 2.27. The van der Waals surface area contributed by atoms with E-state index in [-0.39, 0.29) is 24.5 Å². The molecule has 0 unspecified atom stereocenters. The Hall–Kier alpha value is -1.83. The van der Waals surface area contributed by atoms with Crippen LogP contribution in [0.2, 0.25) is 0 Å². The molecule has 1 rings (SSSR count). The summed E-state index contributed by atoms with van der Waals surface area (Å²) >= 11 is 0. The Balaban J connectivity index is 2.38. The van der Waals surface area contributed by atoms with Gasteiger partial charge in [-0.25, -0.2) is 9.78 Å². The number of anilines is 1. The summed E-state index contributed by atoms with van der Waals surface area (Å²) in [7, 11) is 0. The summed E-state index contributed by atoms with van der Waals surface area (Å²) in [6.07, 6.45) is -3.05. The number of nitrogens with one attached hydrogen (secondary N) is 1. The minimum atomic E-state index is -4.36. The van der Waals surface area contributed by atoms with Crippen LogP contribution in [0.5, 0.6) is 0 Å². The van der Waals surface area contributed by atoms with E-state index in [1.165, 1.54) is 18.3 Å². The van der Waals surface area contributed by atoms with Crippen LogP contribution in [0.25, 0.3) is 0 Å². The molecular weight excluding hydrogens is 253 g/mol. The van der Waals surface area contributed by atoms with Gasteiger partial charge >= 0.3 is 12.1 Å². The van der Waals surface area contributed by atoms with Gasteiger partial charge in [-0.1, -0.05) is 0 Å². The zero-order valence-electron chi connectivity index (χ0n) is 9.20. The van der Waals surface area contributed by atoms with E-state index in [9.17, 15) is 18.0 Å². The van der Waals surface area contributed by atoms with Gasteiger partial charge < -0.3 is 15.2 Å². The van der Waals surface area contributed by atoms with Crippen LogP contribution in [-0.4, -0.2) is 42.0 Å². The van der Waals surface area contributed by atoms with Crippen molar-refractivity contribution < 1.29 is 27.8 Å². The van der Waals surface area contributed by atoms with Crippen molar-refractivity contribution >= 4 is 11.7 Å². The van der Waals surface area contributed by atoms with Crippen LogP contribution < -0.4 is 5.32 Å². The van der Waals surface area contributed by atoms with Crippen molar-refractivity contribution in [2.75, 3.05) is 25.1 Å². The second-order valence-corrected chi connectivity index (χ2v) is 3.30. The quantitative estimate of drug-likeness (QED) is 0.766. The molecule has 0 saturated carbocycles. The Kier molecular flexibility index (Phi) is 4.90. The molecule has 1 aromatic heterocycles. The van der Waals surface area contributed by atoms with Crippen LogP contribution in [0.3, 0.4) is 0 Å². The molecule has 1 aromatic rings. The molecule has 0 saturated heterocycles. The highest BCUT2D eigenvalue weighted by molar-refractivity contribution is 5.91. The number of carboxylic acid groups (broad SMARTS) is 1. The van der Waals surface area contributed by atoms with E-state index in [1.807, 2.05) is 0 Å². The van der Waals surface area contributed by atoms with Gasteiger partial charge in [0, 0.05) is 12.7 Å². The van der Waals surface area contributed by atoms with Gasteiger partial charge in [-0.3, -0.25) is 0 Å². The molecule has 100 valence electrons. The molecule has 8 heteroatoms. The van der Waals surface area contributed by atoms with Crippen LogP contribution >= 0.6 is 0 Å². The zero-order valence-corrected chi connectivity index (χ0v) is 9.20. The Morgan fingerprint density at radius 2 is 2.22 bits per heavy atom. The number of nitrogens with zero attached hydrogens (tertiary/aromatic N) is 1. The fourth-order valence-corrected chi connectivity index (χ4v) is 1.16. The van der Waals surface area contributed by atoms with Gasteiger partial charge in [0.05, 0.1) is 12.3 Å². The minimum absolute atomic E-state index is 0.0576. The van der Waals surface area contributed by atoms with Gasteiger partial charge in [0.25, 0.3) is 0 Å². The monoisotopic (exact) mass is 264 g/mol. The van der Waals surface area contributed by atoms with Crippen molar-refractivity contribution in [3.63, 3.8) is 0 Å². The summed E-state index contributed by atoms with van der Waals surface area (Å²) in [5.41, 5.74) is 0.0499. The summed E-state index contributed by atoms with van der Waals surface area (Å²) < 4.78 is 39.6. The van der Waals surface area contributed by atoms with Gasteiger partial charge in [0.15, 0.2) is 5.69 Å². The van der Waals surface area contributed by atoms with Crippen molar-refractivity contribution in [3.8, 4) is 0 Å². The summed E-state index contributed by atoms with van der Waals surface area (Å²) in [4.78, 5) is 14.4. The lowest BCUT2D eigenvalue weighted by Gasteiger charge is -2.10. The number of hydrogen-bond acceptors (Lipinski definition) is 4. The van der Waals surface area contributed by atoms with Crippen LogP contribution in [-0.2, 0) is 4.74 Å². The molecule has 0 amide bonds. The van der Waals surface area contributed by atoms with Crippen LogP contribution in [0.1, 0.15) is 10.5 Å². The molecule has 0 aliphatic heterocycles. The van der Waals surface area contributed by atoms with Crippen LogP contribution in [0.4, 0.5) is 18.9 Å². The maximum Gasteiger partial charge on any atom is 0.411 e. The summed E-state index contributed by atoms with van der Waals surface area (Å²) in [6.45, 7) is -1.46. The summed E-state index contributed by atoms with van der Waals surface area (Å²) in [5, 5.41) is 11.4. The lowest BCUT2D eigenvalue weighted by molar-refractivity contribution is -0.172. The molecule has 18 heavy (non-hydrogen) atoms. The maximum atomic E-state index is 11.7. The number of alkyl halides is 3. The van der Waals surface area contributed by atoms with E-state index in [2.05, 4.69) is 15.0 Å². The standard InChI is InChI=1S/C10H11F3N2O3/c11-10(12,13)6-18-5-4-14-7-2-1-3-15-8(7)9(16)17/h1-3,14H,4-6H2,(H,16,17). The summed E-state index contributed by atoms with van der Waals surface area (Å²) in [5.74, 6) is -1.21. The Morgan fingerprint density at radius 3 is 2.83 bits per heavy atom. The molecule has 0 aliphatic carbocycles. The lowest BCUT2D eigenvalue weighted by atomic mass is 10.3. The van der Waals surface area contributed by atoms with Gasteiger partial charge in [-0.2, -0.15) is 13.2 Å². The van der Waals surface area contributed by atoms with Crippen LogP contribution in [0, 0.1) is 0 Å². The second-order valence-electron chi connectivity index (χ2n) is 3.30. The minimum Gasteiger partial charge on any atom is -0.476 e. The topological polar surface area (TPSA) is 71.5 Å². The number of carbonyl (C=O) groups is 1. The molecule has 0 atom stereocenters. The number of carboxylic acids is 1. The molecule has 0 radical (unpaired) electrons. The first kappa shape index (κ1) is 14.2. The smallest absolute Gasteiger partial charge is 0.411 e. The predicted molar refractivity (Wildman–Crippen MR) is 56.6 cm³/mol. The van der Waals surface area contributed by atoms with Gasteiger partial charge in [-0.05, 0) is 12.1 Å². The van der Waals surface area contributed by atoms with Gasteiger partial charge in [0.1, 0.15) is 6.61 Å². The Labute approximate surface area is 101 Å². The highest BCUT2D eigenvalue weighted by atomic mass is 19.4. The largest absolute Gasteiger partial charge is 0.476 e. The third kappa shape index (κ3) is 5.00. The number of ether oxygens (including phenoxy) is 1. The molecule has 2 N–H and O–H groups in total. The van der Waals surface area contributed by atoms with Crippen molar-refractivity contribution in [2.24, 2.45) is 0 Å². The molecule has 0 spiro atoms. The van der Waals surface area contributed by atoms with E-state index in [4.69, 9.17) is 5.11 Å². The first-order chi connectivity index (χ1) is 8.40. The molecular formula is C10H11F3N2O3. The first-order valence-electron chi connectivity index (χ1n) is 4.97. The van der Waals surface area contributed by atoms with Crippen molar-refractivity contribution in [1.29, 1.82) is 0 Å². The molecule has 1 heterocycles. The average molecular weight is 264 g/mol. The van der Waals surface area contributed by atoms with Gasteiger partial charge in [0.2, 0.25) is 0 Å². The highest BCUT2D eigenvalue weighted by Gasteiger charge is 2.27. The van der Waals surface area contributed by atoms with Gasteiger partial charge in [-0.15, -0.1) is 0 Å². The van der Waals surface area contributed by atoms with Crippen molar-refractivity contribution in [2.45, 2.75) is 6.18 Å². The number of aromatic nitrogens is 1. The number of rotatable bonds is 6.